The van der Waals surface area contributed by atoms with E-state index < -0.39 is 0 Å². The molecule has 0 aliphatic carbocycles. The quantitative estimate of drug-likeness (QED) is 0.783. The molecule has 1 amide bonds. The van der Waals surface area contributed by atoms with E-state index in [0.717, 1.165) is 25.0 Å². The van der Waals surface area contributed by atoms with Crippen LogP contribution in [0.2, 0.25) is 0 Å². The first-order valence-corrected chi connectivity index (χ1v) is 9.14. The highest BCUT2D eigenvalue weighted by molar-refractivity contribution is 5.91. The van der Waals surface area contributed by atoms with E-state index in [9.17, 15) is 9.18 Å². The summed E-state index contributed by atoms with van der Waals surface area (Å²) in [5.41, 5.74) is 0.816. The number of carbonyl (C=O) groups excluding carboxylic acids is 1. The van der Waals surface area contributed by atoms with Gasteiger partial charge in [0.25, 0.3) is 5.91 Å². The number of hydrogen-bond donors (Lipinski definition) is 0. The Kier molecular flexibility index (Phi) is 5.91. The molecule has 1 aromatic heterocycles. The van der Waals surface area contributed by atoms with E-state index in [1.165, 1.54) is 12.1 Å². The number of carbonyl (C=O) groups is 1. The Balaban J connectivity index is 1.54. The van der Waals surface area contributed by atoms with Gasteiger partial charge in [0.05, 0.1) is 12.3 Å². The van der Waals surface area contributed by atoms with Gasteiger partial charge in [0, 0.05) is 25.1 Å². The Labute approximate surface area is 153 Å². The minimum absolute atomic E-state index is 0.112. The van der Waals surface area contributed by atoms with Crippen LogP contribution in [0.4, 0.5) is 4.39 Å². The Bertz CT molecular complexity index is 727. The first-order valence-electron chi connectivity index (χ1n) is 9.14. The molecule has 1 fully saturated rings. The molecule has 1 saturated heterocycles. The second kappa shape index (κ2) is 8.34. The van der Waals surface area contributed by atoms with Gasteiger partial charge in [-0.2, -0.15) is 0 Å². The zero-order valence-electron chi connectivity index (χ0n) is 15.3. The molecule has 1 atom stereocenters. The maximum Gasteiger partial charge on any atom is 0.292 e. The van der Waals surface area contributed by atoms with Crippen molar-refractivity contribution in [2.24, 2.45) is 11.8 Å². The van der Waals surface area contributed by atoms with Crippen molar-refractivity contribution < 1.29 is 18.4 Å². The molecule has 6 heteroatoms. The second-order valence-corrected chi connectivity index (χ2v) is 7.30. The molecule has 1 aliphatic rings. The fourth-order valence-electron chi connectivity index (χ4n) is 3.21. The van der Waals surface area contributed by atoms with Crippen LogP contribution in [0.1, 0.15) is 42.9 Å². The van der Waals surface area contributed by atoms with E-state index in [-0.39, 0.29) is 17.6 Å². The summed E-state index contributed by atoms with van der Waals surface area (Å²) in [6, 6.07) is 7.74. The Morgan fingerprint density at radius 3 is 2.88 bits per heavy atom. The number of hydrogen-bond acceptors (Lipinski definition) is 4. The summed E-state index contributed by atoms with van der Waals surface area (Å²) in [5, 5.41) is 4.00. The normalized spacial score (nSPS) is 17.5. The Morgan fingerprint density at radius 2 is 2.15 bits per heavy atom. The summed E-state index contributed by atoms with van der Waals surface area (Å²) in [7, 11) is 0. The van der Waals surface area contributed by atoms with Crippen molar-refractivity contribution in [2.75, 3.05) is 19.7 Å². The molecule has 0 bridgehead atoms. The van der Waals surface area contributed by atoms with E-state index in [1.807, 2.05) is 4.90 Å². The fourth-order valence-corrected chi connectivity index (χ4v) is 3.21. The van der Waals surface area contributed by atoms with Crippen molar-refractivity contribution >= 4 is 5.91 Å². The number of piperidine rings is 1. The maximum atomic E-state index is 12.9. The highest BCUT2D eigenvalue weighted by Crippen LogP contribution is 2.21. The van der Waals surface area contributed by atoms with Crippen molar-refractivity contribution in [3.8, 4) is 5.75 Å². The van der Waals surface area contributed by atoms with Crippen LogP contribution in [0.15, 0.2) is 34.9 Å². The predicted molar refractivity (Wildman–Crippen MR) is 95.6 cm³/mol. The van der Waals surface area contributed by atoms with Crippen molar-refractivity contribution in [3.63, 3.8) is 0 Å². The van der Waals surface area contributed by atoms with Gasteiger partial charge in [0.2, 0.25) is 5.76 Å². The standard InChI is InChI=1S/C20H25FN2O3/c1-14(2)10-17-11-19(26-22-17)20(24)23-9-3-4-15(12-23)13-25-18-7-5-16(21)6-8-18/h5-8,11,14-15H,3-4,9-10,12-13H2,1-2H3/t15-/m0/s1. The molecule has 2 heterocycles. The average molecular weight is 360 g/mol. The van der Waals surface area contributed by atoms with Crippen LogP contribution in [0.25, 0.3) is 0 Å². The van der Waals surface area contributed by atoms with E-state index in [2.05, 4.69) is 19.0 Å². The lowest BCUT2D eigenvalue weighted by atomic mass is 9.98. The molecule has 0 saturated carbocycles. The minimum atomic E-state index is -0.282. The molecule has 26 heavy (non-hydrogen) atoms. The third kappa shape index (κ3) is 4.84. The van der Waals surface area contributed by atoms with Gasteiger partial charge in [-0.3, -0.25) is 4.79 Å². The van der Waals surface area contributed by atoms with Crippen LogP contribution in [0, 0.1) is 17.7 Å². The number of rotatable bonds is 6. The van der Waals surface area contributed by atoms with Gasteiger partial charge in [0.15, 0.2) is 0 Å². The van der Waals surface area contributed by atoms with E-state index in [0.29, 0.717) is 37.1 Å². The first kappa shape index (κ1) is 18.4. The van der Waals surface area contributed by atoms with Crippen molar-refractivity contribution in [2.45, 2.75) is 33.1 Å². The molecule has 0 spiro atoms. The third-order valence-corrected chi connectivity index (χ3v) is 4.49. The first-order chi connectivity index (χ1) is 12.5. The van der Waals surface area contributed by atoms with Crippen LogP contribution in [0.3, 0.4) is 0 Å². The van der Waals surface area contributed by atoms with Crippen LogP contribution in [-0.2, 0) is 6.42 Å². The van der Waals surface area contributed by atoms with Gasteiger partial charge >= 0.3 is 0 Å². The Hall–Kier alpha value is -2.37. The molecule has 0 N–H and O–H groups in total. The van der Waals surface area contributed by atoms with Crippen LogP contribution >= 0.6 is 0 Å². The number of halogens is 1. The number of benzene rings is 1. The molecule has 0 unspecified atom stereocenters. The molecule has 3 rings (SSSR count). The van der Waals surface area contributed by atoms with E-state index >= 15 is 0 Å². The lowest BCUT2D eigenvalue weighted by Gasteiger charge is -2.32. The molecule has 0 radical (unpaired) electrons. The number of nitrogens with zero attached hydrogens (tertiary/aromatic N) is 2. The highest BCUT2D eigenvalue weighted by atomic mass is 19.1. The van der Waals surface area contributed by atoms with E-state index in [4.69, 9.17) is 9.26 Å². The SMILES string of the molecule is CC(C)Cc1cc(C(=O)N2CCC[C@H](COc3ccc(F)cc3)C2)on1. The second-order valence-electron chi connectivity index (χ2n) is 7.30. The summed E-state index contributed by atoms with van der Waals surface area (Å²) in [4.78, 5) is 14.5. The summed E-state index contributed by atoms with van der Waals surface area (Å²) in [5.74, 6) is 1.26. The van der Waals surface area contributed by atoms with Crippen molar-refractivity contribution in [1.29, 1.82) is 0 Å². The molecule has 1 aromatic carbocycles. The lowest BCUT2D eigenvalue weighted by Crippen LogP contribution is -2.41. The number of amides is 1. The van der Waals surface area contributed by atoms with Gasteiger partial charge in [-0.05, 0) is 49.4 Å². The van der Waals surface area contributed by atoms with Gasteiger partial charge in [-0.15, -0.1) is 0 Å². The van der Waals surface area contributed by atoms with Gasteiger partial charge in [0.1, 0.15) is 11.6 Å². The minimum Gasteiger partial charge on any atom is -0.493 e. The van der Waals surface area contributed by atoms with Crippen molar-refractivity contribution in [3.05, 3.63) is 47.6 Å². The average Bonchev–Trinajstić information content (AvgIpc) is 3.08. The number of aromatic nitrogens is 1. The highest BCUT2D eigenvalue weighted by Gasteiger charge is 2.27. The monoisotopic (exact) mass is 360 g/mol. The van der Waals surface area contributed by atoms with Crippen LogP contribution in [0.5, 0.6) is 5.75 Å². The molecule has 2 aromatic rings. The molecule has 1 aliphatic heterocycles. The Morgan fingerprint density at radius 1 is 1.38 bits per heavy atom. The van der Waals surface area contributed by atoms with Crippen LogP contribution in [-0.4, -0.2) is 35.7 Å². The van der Waals surface area contributed by atoms with Crippen molar-refractivity contribution in [1.82, 2.24) is 10.1 Å². The van der Waals surface area contributed by atoms with Crippen LogP contribution < -0.4 is 4.74 Å². The zero-order chi connectivity index (χ0) is 18.5. The largest absolute Gasteiger partial charge is 0.493 e. The maximum absolute atomic E-state index is 12.9. The number of ether oxygens (including phenoxy) is 1. The van der Waals surface area contributed by atoms with E-state index in [1.54, 1.807) is 18.2 Å². The topological polar surface area (TPSA) is 55.6 Å². The summed E-state index contributed by atoms with van der Waals surface area (Å²) >= 11 is 0. The predicted octanol–water partition coefficient (Wildman–Crippen LogP) is 3.94. The zero-order valence-corrected chi connectivity index (χ0v) is 15.3. The smallest absolute Gasteiger partial charge is 0.292 e. The van der Waals surface area contributed by atoms with Gasteiger partial charge < -0.3 is 14.2 Å². The summed E-state index contributed by atoms with van der Waals surface area (Å²) < 4.78 is 23.9. The van der Waals surface area contributed by atoms with Gasteiger partial charge in [-0.25, -0.2) is 4.39 Å². The molecule has 5 nitrogen and oxygen atoms in total. The van der Waals surface area contributed by atoms with Gasteiger partial charge in [-0.1, -0.05) is 19.0 Å². The molecule has 140 valence electrons. The lowest BCUT2D eigenvalue weighted by molar-refractivity contribution is 0.0593. The summed E-state index contributed by atoms with van der Waals surface area (Å²) in [6.45, 7) is 6.05. The summed E-state index contributed by atoms with van der Waals surface area (Å²) in [6.07, 6.45) is 2.72. The molecular formula is C20H25FN2O3. The number of likely N-dealkylation sites (tertiary alicyclic amines) is 1. The molecular weight excluding hydrogens is 335 g/mol. The third-order valence-electron chi connectivity index (χ3n) is 4.49. The fraction of sp³-hybridized carbons (Fsp3) is 0.500.